The third-order valence-electron chi connectivity index (χ3n) is 3.87. The van der Waals surface area contributed by atoms with E-state index in [1.165, 1.54) is 0 Å². The van der Waals surface area contributed by atoms with Gasteiger partial charge in [0.25, 0.3) is 0 Å². The van der Waals surface area contributed by atoms with Gasteiger partial charge in [-0.25, -0.2) is 4.79 Å². The van der Waals surface area contributed by atoms with Crippen molar-refractivity contribution in [2.45, 2.75) is 52.0 Å². The average Bonchev–Trinajstić information content (AvgIpc) is 2.50. The number of amides is 2. The maximum absolute atomic E-state index is 12.1. The highest BCUT2D eigenvalue weighted by molar-refractivity contribution is 5.75. The summed E-state index contributed by atoms with van der Waals surface area (Å²) in [7, 11) is 0. The zero-order valence-electron chi connectivity index (χ0n) is 14.6. The van der Waals surface area contributed by atoms with E-state index in [1.54, 1.807) is 0 Å². The Balaban J connectivity index is 2.49. The number of urea groups is 1. The SMILES string of the molecule is C=C(C)c1cccc(C(C)(C)NC(=O)NCCCCCCO)c1. The second kappa shape index (κ2) is 9.36. The molecule has 0 aliphatic rings. The van der Waals surface area contributed by atoms with Crippen molar-refractivity contribution < 1.29 is 9.90 Å². The number of rotatable bonds is 9. The van der Waals surface area contributed by atoms with Crippen LogP contribution in [0.2, 0.25) is 0 Å². The zero-order valence-corrected chi connectivity index (χ0v) is 14.6. The number of unbranched alkanes of at least 4 members (excludes halogenated alkanes) is 3. The molecule has 0 saturated heterocycles. The van der Waals surface area contributed by atoms with Gasteiger partial charge in [0, 0.05) is 13.2 Å². The highest BCUT2D eigenvalue weighted by Gasteiger charge is 2.22. The summed E-state index contributed by atoms with van der Waals surface area (Å²) in [6.45, 7) is 10.8. The lowest BCUT2D eigenvalue weighted by atomic mass is 9.92. The molecule has 0 radical (unpaired) electrons. The number of nitrogens with one attached hydrogen (secondary N) is 2. The molecule has 2 amide bonds. The summed E-state index contributed by atoms with van der Waals surface area (Å²) in [5.74, 6) is 0. The van der Waals surface area contributed by atoms with Crippen molar-refractivity contribution in [1.82, 2.24) is 10.6 Å². The molecule has 0 saturated carbocycles. The molecule has 4 nitrogen and oxygen atoms in total. The van der Waals surface area contributed by atoms with Gasteiger partial charge in [-0.15, -0.1) is 0 Å². The first kappa shape index (κ1) is 19.2. The predicted octanol–water partition coefficient (Wildman–Crippen LogP) is 3.81. The van der Waals surface area contributed by atoms with Gasteiger partial charge in [0.05, 0.1) is 5.54 Å². The third-order valence-corrected chi connectivity index (χ3v) is 3.87. The number of aliphatic hydroxyl groups is 1. The normalized spacial score (nSPS) is 11.1. The van der Waals surface area contributed by atoms with Crippen LogP contribution in [0.5, 0.6) is 0 Å². The number of aliphatic hydroxyl groups excluding tert-OH is 1. The van der Waals surface area contributed by atoms with Crippen LogP contribution in [-0.4, -0.2) is 24.3 Å². The molecule has 0 heterocycles. The van der Waals surface area contributed by atoms with Crippen LogP contribution in [0.1, 0.15) is 57.6 Å². The van der Waals surface area contributed by atoms with Crippen LogP contribution in [0.15, 0.2) is 30.8 Å². The lowest BCUT2D eigenvalue weighted by molar-refractivity contribution is 0.229. The van der Waals surface area contributed by atoms with Crippen LogP contribution in [0.3, 0.4) is 0 Å². The number of benzene rings is 1. The number of carbonyl (C=O) groups excluding carboxylic acids is 1. The van der Waals surface area contributed by atoms with Crippen LogP contribution in [0.4, 0.5) is 4.79 Å². The van der Waals surface area contributed by atoms with Gasteiger partial charge >= 0.3 is 6.03 Å². The summed E-state index contributed by atoms with van der Waals surface area (Å²) in [4.78, 5) is 12.1. The van der Waals surface area contributed by atoms with Crippen molar-refractivity contribution in [3.8, 4) is 0 Å². The highest BCUT2D eigenvalue weighted by atomic mass is 16.2. The van der Waals surface area contributed by atoms with E-state index in [1.807, 2.05) is 39.0 Å². The van der Waals surface area contributed by atoms with Crippen molar-refractivity contribution in [2.75, 3.05) is 13.2 Å². The number of carbonyl (C=O) groups is 1. The molecular formula is C19H30N2O2. The fourth-order valence-corrected chi connectivity index (χ4v) is 2.37. The minimum atomic E-state index is -0.452. The average molecular weight is 318 g/mol. The number of hydrogen-bond donors (Lipinski definition) is 3. The molecule has 0 bridgehead atoms. The Hall–Kier alpha value is -1.81. The standard InChI is InChI=1S/C19H30N2O2/c1-15(2)16-10-9-11-17(14-16)19(3,4)21-18(23)20-12-7-5-6-8-13-22/h9-11,14,22H,1,5-8,12-13H2,2-4H3,(H2,20,21,23). The Morgan fingerprint density at radius 3 is 2.57 bits per heavy atom. The van der Waals surface area contributed by atoms with Crippen molar-refractivity contribution in [2.24, 2.45) is 0 Å². The lowest BCUT2D eigenvalue weighted by Crippen LogP contribution is -2.46. The van der Waals surface area contributed by atoms with E-state index in [9.17, 15) is 4.79 Å². The smallest absolute Gasteiger partial charge is 0.315 e. The Labute approximate surface area is 140 Å². The maximum Gasteiger partial charge on any atom is 0.315 e. The van der Waals surface area contributed by atoms with Gasteiger partial charge in [-0.3, -0.25) is 0 Å². The first-order valence-electron chi connectivity index (χ1n) is 8.30. The Bertz CT molecular complexity index is 524. The van der Waals surface area contributed by atoms with Gasteiger partial charge in [0.1, 0.15) is 0 Å². The molecule has 4 heteroatoms. The second-order valence-electron chi connectivity index (χ2n) is 6.50. The molecule has 0 spiro atoms. The van der Waals surface area contributed by atoms with Crippen LogP contribution in [0.25, 0.3) is 5.57 Å². The zero-order chi connectivity index (χ0) is 17.3. The highest BCUT2D eigenvalue weighted by Crippen LogP contribution is 2.23. The van der Waals surface area contributed by atoms with E-state index < -0.39 is 5.54 Å². The molecule has 128 valence electrons. The summed E-state index contributed by atoms with van der Waals surface area (Å²) in [5, 5.41) is 14.6. The van der Waals surface area contributed by atoms with Crippen LogP contribution in [-0.2, 0) is 5.54 Å². The number of allylic oxidation sites excluding steroid dienone is 1. The van der Waals surface area contributed by atoms with Crippen LogP contribution in [0, 0.1) is 0 Å². The van der Waals surface area contributed by atoms with Gasteiger partial charge in [-0.2, -0.15) is 0 Å². The molecule has 0 unspecified atom stereocenters. The van der Waals surface area contributed by atoms with Gasteiger partial charge in [-0.05, 0) is 50.8 Å². The predicted molar refractivity (Wildman–Crippen MR) is 96.3 cm³/mol. The summed E-state index contributed by atoms with van der Waals surface area (Å²) < 4.78 is 0. The van der Waals surface area contributed by atoms with Crippen molar-refractivity contribution in [1.29, 1.82) is 0 Å². The van der Waals surface area contributed by atoms with Crippen molar-refractivity contribution in [3.05, 3.63) is 42.0 Å². The minimum absolute atomic E-state index is 0.155. The molecule has 1 rings (SSSR count). The molecule has 1 aromatic rings. The quantitative estimate of drug-likeness (QED) is 0.606. The Kier molecular flexibility index (Phi) is 7.83. The van der Waals surface area contributed by atoms with Crippen LogP contribution < -0.4 is 10.6 Å². The Morgan fingerprint density at radius 2 is 1.91 bits per heavy atom. The maximum atomic E-state index is 12.1. The topological polar surface area (TPSA) is 61.4 Å². The summed E-state index contributed by atoms with van der Waals surface area (Å²) in [6.07, 6.45) is 3.78. The molecule has 0 aromatic heterocycles. The van der Waals surface area contributed by atoms with Crippen molar-refractivity contribution >= 4 is 11.6 Å². The minimum Gasteiger partial charge on any atom is -0.396 e. The molecule has 0 atom stereocenters. The van der Waals surface area contributed by atoms with E-state index in [2.05, 4.69) is 23.3 Å². The third kappa shape index (κ3) is 6.87. The first-order valence-corrected chi connectivity index (χ1v) is 8.30. The fraction of sp³-hybridized carbons (Fsp3) is 0.526. The molecular weight excluding hydrogens is 288 g/mol. The fourth-order valence-electron chi connectivity index (χ4n) is 2.37. The van der Waals surface area contributed by atoms with E-state index in [0.29, 0.717) is 6.54 Å². The van der Waals surface area contributed by atoms with Crippen molar-refractivity contribution in [3.63, 3.8) is 0 Å². The molecule has 23 heavy (non-hydrogen) atoms. The summed E-state index contributed by atoms with van der Waals surface area (Å²) >= 11 is 0. The van der Waals surface area contributed by atoms with Gasteiger partial charge in [0.2, 0.25) is 0 Å². The van der Waals surface area contributed by atoms with Gasteiger partial charge < -0.3 is 15.7 Å². The molecule has 3 N–H and O–H groups in total. The monoisotopic (exact) mass is 318 g/mol. The first-order chi connectivity index (χ1) is 10.9. The largest absolute Gasteiger partial charge is 0.396 e. The van der Waals surface area contributed by atoms with Gasteiger partial charge in [0.15, 0.2) is 0 Å². The summed E-state index contributed by atoms with van der Waals surface area (Å²) in [6, 6.07) is 7.94. The number of hydrogen-bond acceptors (Lipinski definition) is 2. The lowest BCUT2D eigenvalue weighted by Gasteiger charge is -2.27. The van der Waals surface area contributed by atoms with Crippen LogP contribution >= 0.6 is 0 Å². The van der Waals surface area contributed by atoms with E-state index in [-0.39, 0.29) is 12.6 Å². The second-order valence-corrected chi connectivity index (χ2v) is 6.50. The van der Waals surface area contributed by atoms with E-state index in [4.69, 9.17) is 5.11 Å². The molecule has 0 aliphatic heterocycles. The van der Waals surface area contributed by atoms with E-state index >= 15 is 0 Å². The summed E-state index contributed by atoms with van der Waals surface area (Å²) in [5.41, 5.74) is 2.69. The molecule has 0 fully saturated rings. The van der Waals surface area contributed by atoms with Gasteiger partial charge in [-0.1, -0.05) is 43.2 Å². The molecule has 1 aromatic carbocycles. The Morgan fingerprint density at radius 1 is 1.22 bits per heavy atom. The van der Waals surface area contributed by atoms with E-state index in [0.717, 1.165) is 42.4 Å². The molecule has 0 aliphatic carbocycles.